The van der Waals surface area contributed by atoms with E-state index in [0.717, 1.165) is 51.6 Å². The van der Waals surface area contributed by atoms with Crippen molar-refractivity contribution in [3.8, 4) is 17.3 Å². The van der Waals surface area contributed by atoms with Crippen LogP contribution in [0.2, 0.25) is 0 Å². The Morgan fingerprint density at radius 3 is 2.71 bits per heavy atom. The van der Waals surface area contributed by atoms with E-state index in [1.54, 1.807) is 36.5 Å². The largest absolute Gasteiger partial charge is 0.461 e. The second-order valence-corrected chi connectivity index (χ2v) is 11.2. The lowest BCUT2D eigenvalue weighted by atomic mass is 9.95. The van der Waals surface area contributed by atoms with Crippen LogP contribution in [0.15, 0.2) is 54.9 Å². The Morgan fingerprint density at radius 1 is 1.07 bits per heavy atom. The number of fused-ring (bicyclic) bond motifs is 3. The zero-order valence-electron chi connectivity index (χ0n) is 22.8. The lowest BCUT2D eigenvalue weighted by molar-refractivity contribution is 0.108. The molecule has 1 atom stereocenters. The lowest BCUT2D eigenvalue weighted by Crippen LogP contribution is -2.43. The molecule has 4 aromatic rings. The van der Waals surface area contributed by atoms with Gasteiger partial charge >= 0.3 is 6.01 Å². The van der Waals surface area contributed by atoms with Crippen molar-refractivity contribution in [1.82, 2.24) is 30.7 Å². The van der Waals surface area contributed by atoms with Crippen molar-refractivity contribution in [2.45, 2.75) is 50.1 Å². The maximum Gasteiger partial charge on any atom is 0.319 e. The van der Waals surface area contributed by atoms with Gasteiger partial charge in [0.25, 0.3) is 0 Å². The van der Waals surface area contributed by atoms with Crippen molar-refractivity contribution in [2.75, 3.05) is 31.6 Å². The Labute approximate surface area is 237 Å². The maximum absolute atomic E-state index is 16.3. The topological polar surface area (TPSA) is 87.2 Å². The third kappa shape index (κ3) is 4.85. The van der Waals surface area contributed by atoms with E-state index in [2.05, 4.69) is 42.1 Å². The van der Waals surface area contributed by atoms with Crippen molar-refractivity contribution < 1.29 is 13.5 Å². The van der Waals surface area contributed by atoms with Crippen LogP contribution in [-0.2, 0) is 0 Å². The number of halogens is 2. The molecule has 8 nitrogen and oxygen atoms in total. The number of anilines is 1. The molecule has 1 unspecified atom stereocenters. The van der Waals surface area contributed by atoms with Crippen molar-refractivity contribution >= 4 is 27.5 Å². The van der Waals surface area contributed by atoms with Gasteiger partial charge in [-0.05, 0) is 69.1 Å². The normalized spacial score (nSPS) is 19.6. The van der Waals surface area contributed by atoms with E-state index in [1.807, 2.05) is 6.20 Å². The van der Waals surface area contributed by atoms with Crippen molar-refractivity contribution in [3.63, 3.8) is 0 Å². The summed E-state index contributed by atoms with van der Waals surface area (Å²) in [5, 5.41) is 4.84. The highest BCUT2D eigenvalue weighted by molar-refractivity contribution is 5.99. The van der Waals surface area contributed by atoms with Crippen LogP contribution in [0.5, 0.6) is 6.01 Å². The van der Waals surface area contributed by atoms with Gasteiger partial charge in [0.15, 0.2) is 5.82 Å². The molecule has 0 amide bonds. The molecule has 212 valence electrons. The Bertz CT molecular complexity index is 1610. The minimum Gasteiger partial charge on any atom is -0.461 e. The molecule has 0 aliphatic carbocycles. The Balaban J connectivity index is 1.24. The summed E-state index contributed by atoms with van der Waals surface area (Å²) < 4.78 is 37.5. The third-order valence-electron chi connectivity index (χ3n) is 8.72. The molecule has 2 fully saturated rings. The van der Waals surface area contributed by atoms with Gasteiger partial charge in [-0.15, -0.1) is 0 Å². The van der Waals surface area contributed by atoms with Gasteiger partial charge in [0.1, 0.15) is 29.5 Å². The summed E-state index contributed by atoms with van der Waals surface area (Å²) in [6, 6.07) is 10.5. The molecule has 7 rings (SSSR count). The van der Waals surface area contributed by atoms with Crippen molar-refractivity contribution in [1.29, 1.82) is 0 Å². The van der Waals surface area contributed by atoms with Gasteiger partial charge in [0.05, 0.1) is 10.9 Å². The first-order valence-electron chi connectivity index (χ1n) is 14.4. The first kappa shape index (κ1) is 26.0. The number of nitrogens with zero attached hydrogens (tertiary/aromatic N) is 4. The van der Waals surface area contributed by atoms with Crippen molar-refractivity contribution in [2.24, 2.45) is 0 Å². The molecule has 0 saturated carbocycles. The minimum absolute atomic E-state index is 0.00414. The first-order chi connectivity index (χ1) is 20.1. The average molecular weight is 558 g/mol. The SMILES string of the molecule is Fc1c(-c2cccc3cccc(F)c23)ncc2c(NCCCC3C=CNN3)nc(OCC34CCCN3CCC4)nc12. The fourth-order valence-corrected chi connectivity index (χ4v) is 6.64. The summed E-state index contributed by atoms with van der Waals surface area (Å²) in [7, 11) is 0. The van der Waals surface area contributed by atoms with Gasteiger partial charge in [-0.25, -0.2) is 14.2 Å². The summed E-state index contributed by atoms with van der Waals surface area (Å²) in [4.78, 5) is 16.2. The number of aromatic nitrogens is 3. The third-order valence-corrected chi connectivity index (χ3v) is 8.72. The maximum atomic E-state index is 16.3. The number of hydrazine groups is 1. The molecule has 0 bridgehead atoms. The number of hydrogen-bond donors (Lipinski definition) is 3. The van der Waals surface area contributed by atoms with Gasteiger partial charge < -0.3 is 15.5 Å². The molecule has 0 radical (unpaired) electrons. The molecule has 0 spiro atoms. The quantitative estimate of drug-likeness (QED) is 0.239. The summed E-state index contributed by atoms with van der Waals surface area (Å²) in [5.41, 5.74) is 6.70. The van der Waals surface area contributed by atoms with E-state index < -0.39 is 11.6 Å². The second-order valence-electron chi connectivity index (χ2n) is 11.2. The number of ether oxygens (including phenoxy) is 1. The molecule has 41 heavy (non-hydrogen) atoms. The summed E-state index contributed by atoms with van der Waals surface area (Å²) in [6.07, 6.45) is 11.8. The zero-order chi connectivity index (χ0) is 27.8. The number of benzene rings is 2. The van der Waals surface area contributed by atoms with Gasteiger partial charge in [0, 0.05) is 35.9 Å². The van der Waals surface area contributed by atoms with Crippen LogP contribution >= 0.6 is 0 Å². The molecule has 2 saturated heterocycles. The molecule has 2 aromatic carbocycles. The van der Waals surface area contributed by atoms with Crippen LogP contribution < -0.4 is 20.9 Å². The van der Waals surface area contributed by atoms with E-state index in [4.69, 9.17) is 4.74 Å². The van der Waals surface area contributed by atoms with E-state index in [1.165, 1.54) is 6.07 Å². The highest BCUT2D eigenvalue weighted by atomic mass is 19.1. The van der Waals surface area contributed by atoms with Crippen molar-refractivity contribution in [3.05, 3.63) is 66.5 Å². The Hall–Kier alpha value is -3.89. The highest BCUT2D eigenvalue weighted by Crippen LogP contribution is 2.39. The van der Waals surface area contributed by atoms with E-state index in [9.17, 15) is 4.39 Å². The predicted molar refractivity (Wildman–Crippen MR) is 155 cm³/mol. The summed E-state index contributed by atoms with van der Waals surface area (Å²) >= 11 is 0. The van der Waals surface area contributed by atoms with Crippen LogP contribution in [0.3, 0.4) is 0 Å². The molecule has 10 heteroatoms. The molecule has 5 heterocycles. The number of hydrogen-bond acceptors (Lipinski definition) is 8. The summed E-state index contributed by atoms with van der Waals surface area (Å²) in [5.74, 6) is -0.569. The first-order valence-corrected chi connectivity index (χ1v) is 14.4. The number of rotatable bonds is 9. The van der Waals surface area contributed by atoms with Gasteiger partial charge in [0.2, 0.25) is 0 Å². The summed E-state index contributed by atoms with van der Waals surface area (Å²) in [6.45, 7) is 3.27. The van der Waals surface area contributed by atoms with Crippen LogP contribution in [-0.4, -0.2) is 57.7 Å². The predicted octanol–water partition coefficient (Wildman–Crippen LogP) is 5.31. The fourth-order valence-electron chi connectivity index (χ4n) is 6.64. The van der Waals surface area contributed by atoms with Crippen LogP contribution in [0.1, 0.15) is 38.5 Å². The number of nitrogens with one attached hydrogen (secondary N) is 3. The molecular weight excluding hydrogens is 524 g/mol. The van der Waals surface area contributed by atoms with E-state index in [0.29, 0.717) is 40.7 Å². The second kappa shape index (κ2) is 10.8. The van der Waals surface area contributed by atoms with E-state index in [-0.39, 0.29) is 28.8 Å². The van der Waals surface area contributed by atoms with Crippen LogP contribution in [0.25, 0.3) is 32.9 Å². The average Bonchev–Trinajstić information content (AvgIpc) is 3.73. The van der Waals surface area contributed by atoms with Gasteiger partial charge in [-0.1, -0.05) is 30.3 Å². The molecular formula is C31H33F2N7O. The minimum atomic E-state index is -0.624. The molecule has 2 aromatic heterocycles. The molecule has 3 aliphatic heterocycles. The van der Waals surface area contributed by atoms with Crippen LogP contribution in [0, 0.1) is 11.6 Å². The van der Waals surface area contributed by atoms with Crippen LogP contribution in [0.4, 0.5) is 14.6 Å². The van der Waals surface area contributed by atoms with Gasteiger partial charge in [-0.2, -0.15) is 9.97 Å². The molecule has 3 N–H and O–H groups in total. The lowest BCUT2D eigenvalue weighted by Gasteiger charge is -2.31. The fraction of sp³-hybridized carbons (Fsp3) is 0.387. The van der Waals surface area contributed by atoms with E-state index >= 15 is 4.39 Å². The molecule has 3 aliphatic rings. The smallest absolute Gasteiger partial charge is 0.319 e. The Morgan fingerprint density at radius 2 is 1.90 bits per heavy atom. The number of pyridine rings is 1. The van der Waals surface area contributed by atoms with Gasteiger partial charge in [-0.3, -0.25) is 9.88 Å². The Kier molecular flexibility index (Phi) is 6.88. The highest BCUT2D eigenvalue weighted by Gasteiger charge is 2.45. The monoisotopic (exact) mass is 557 g/mol. The zero-order valence-corrected chi connectivity index (χ0v) is 22.8. The standard InChI is InChI=1S/C31H33F2N7O/c32-24-10-2-7-20-6-1-9-22(25(20)24)27-26(33)28-23(18-35-27)29(34-14-3-8-21-11-15-36-39-21)38-30(37-28)41-19-31-12-4-16-40(31)17-5-13-31/h1-2,6-7,9-11,15,18,21,36,39H,3-5,8,12-14,16-17,19H2,(H,34,37,38).